The maximum Gasteiger partial charge on any atom is 1.00 e. The molecule has 4 nitrogen and oxygen atoms in total. The summed E-state index contributed by atoms with van der Waals surface area (Å²) < 4.78 is 45.3. The SMILES string of the molecule is C/C(=C\c1ncc([CH-]CCCC([CH-]CO)OC(C)C)nc1C)C(C)(C)C(F)(F)F.CCCC.[K+]. The van der Waals surface area contributed by atoms with Gasteiger partial charge >= 0.3 is 57.6 Å². The number of aromatic nitrogens is 2. The van der Waals surface area contributed by atoms with Crippen molar-refractivity contribution in [3.63, 3.8) is 0 Å². The maximum absolute atomic E-state index is 13.2. The summed E-state index contributed by atoms with van der Waals surface area (Å²) in [6, 6.07) is 0. The van der Waals surface area contributed by atoms with E-state index in [0.717, 1.165) is 33.1 Å². The molecular formula is C26H43F3KN2O2-. The quantitative estimate of drug-likeness (QED) is 0.258. The summed E-state index contributed by atoms with van der Waals surface area (Å²) in [6.45, 7) is 13.8. The second-order valence-corrected chi connectivity index (χ2v) is 8.99. The van der Waals surface area contributed by atoms with Gasteiger partial charge < -0.3 is 14.8 Å². The fourth-order valence-corrected chi connectivity index (χ4v) is 2.64. The summed E-state index contributed by atoms with van der Waals surface area (Å²) >= 11 is 0. The van der Waals surface area contributed by atoms with Crippen LogP contribution >= 0.6 is 0 Å². The number of rotatable bonds is 12. The van der Waals surface area contributed by atoms with Crippen molar-refractivity contribution < 1.29 is 74.4 Å². The molecule has 0 amide bonds. The predicted molar refractivity (Wildman–Crippen MR) is 129 cm³/mol. The molecule has 192 valence electrons. The first kappa shape index (κ1) is 36.2. The van der Waals surface area contributed by atoms with Crippen LogP contribution in [0.2, 0.25) is 0 Å². The summed E-state index contributed by atoms with van der Waals surface area (Å²) in [5, 5.41) is 9.07. The van der Waals surface area contributed by atoms with Crippen molar-refractivity contribution in [1.82, 2.24) is 9.97 Å². The minimum absolute atomic E-state index is 0. The van der Waals surface area contributed by atoms with Crippen molar-refractivity contribution in [2.45, 2.75) is 106 Å². The van der Waals surface area contributed by atoms with Crippen LogP contribution in [0.15, 0.2) is 11.8 Å². The number of ether oxygens (including phenoxy) is 1. The molecule has 0 saturated heterocycles. The molecule has 8 heteroatoms. The first-order valence-electron chi connectivity index (χ1n) is 11.8. The van der Waals surface area contributed by atoms with E-state index in [2.05, 4.69) is 23.8 Å². The number of halogens is 3. The van der Waals surface area contributed by atoms with E-state index in [1.54, 1.807) is 19.5 Å². The van der Waals surface area contributed by atoms with Crippen LogP contribution in [0.3, 0.4) is 0 Å². The van der Waals surface area contributed by atoms with Gasteiger partial charge in [-0.25, -0.2) is 6.42 Å². The van der Waals surface area contributed by atoms with Crippen LogP contribution in [0, 0.1) is 25.2 Å². The summed E-state index contributed by atoms with van der Waals surface area (Å²) in [6.07, 6.45) is 7.45. The van der Waals surface area contributed by atoms with E-state index in [0.29, 0.717) is 17.1 Å². The predicted octanol–water partition coefficient (Wildman–Crippen LogP) is 4.30. The number of allylic oxidation sites excluding steroid dienone is 1. The minimum Gasteiger partial charge on any atom is -0.428 e. The van der Waals surface area contributed by atoms with Gasteiger partial charge in [-0.2, -0.15) is 13.2 Å². The topological polar surface area (TPSA) is 55.2 Å². The van der Waals surface area contributed by atoms with E-state index in [9.17, 15) is 13.2 Å². The van der Waals surface area contributed by atoms with Crippen LogP contribution in [0.4, 0.5) is 13.2 Å². The summed E-state index contributed by atoms with van der Waals surface area (Å²) in [5.74, 6) is 0. The van der Waals surface area contributed by atoms with Crippen molar-refractivity contribution in [1.29, 1.82) is 0 Å². The molecule has 1 N–H and O–H groups in total. The second kappa shape index (κ2) is 18.3. The molecule has 1 aromatic rings. The number of aryl methyl sites for hydroxylation is 1. The normalized spacial score (nSPS) is 13.1. The Bertz CT molecular complexity index is 706. The third-order valence-corrected chi connectivity index (χ3v) is 5.41. The molecule has 0 aliphatic carbocycles. The third-order valence-electron chi connectivity index (χ3n) is 5.41. The molecule has 0 bridgehead atoms. The second-order valence-electron chi connectivity index (χ2n) is 8.99. The van der Waals surface area contributed by atoms with Gasteiger partial charge in [0.05, 0.1) is 16.8 Å². The van der Waals surface area contributed by atoms with Crippen LogP contribution in [0.5, 0.6) is 0 Å². The molecule has 34 heavy (non-hydrogen) atoms. The smallest absolute Gasteiger partial charge is 0.428 e. The van der Waals surface area contributed by atoms with Gasteiger partial charge in [0.2, 0.25) is 0 Å². The Morgan fingerprint density at radius 1 is 1.21 bits per heavy atom. The Kier molecular flexibility index (Phi) is 19.5. The molecule has 1 unspecified atom stereocenters. The number of alkyl halides is 3. The summed E-state index contributed by atoms with van der Waals surface area (Å²) in [5.41, 5.74) is -0.00697. The summed E-state index contributed by atoms with van der Waals surface area (Å²) in [7, 11) is 0. The van der Waals surface area contributed by atoms with Crippen LogP contribution < -0.4 is 51.4 Å². The molecule has 1 rings (SSSR count). The van der Waals surface area contributed by atoms with Crippen molar-refractivity contribution >= 4 is 6.08 Å². The van der Waals surface area contributed by atoms with E-state index >= 15 is 0 Å². The van der Waals surface area contributed by atoms with Crippen molar-refractivity contribution in [3.8, 4) is 0 Å². The van der Waals surface area contributed by atoms with Gasteiger partial charge in [0.25, 0.3) is 0 Å². The van der Waals surface area contributed by atoms with E-state index in [-0.39, 0.29) is 75.8 Å². The van der Waals surface area contributed by atoms with E-state index < -0.39 is 11.6 Å². The standard InChI is InChI=1S/C22H33F3N2O2.C4H10.K/c1-15(2)29-19(11-12-28)10-8-7-9-18-14-26-20(17(4)27-18)13-16(3)21(5,6)22(23,24)25;1-3-4-2;/h9,11,13-15,19,28H,7-8,10,12H2,1-6H3;3-4H2,1-2H3;/q-2;;+1/b16-13+;;. The van der Waals surface area contributed by atoms with E-state index in [4.69, 9.17) is 9.84 Å². The van der Waals surface area contributed by atoms with Gasteiger partial charge in [0, 0.05) is 6.10 Å². The molecule has 0 aliphatic rings. The van der Waals surface area contributed by atoms with E-state index in [1.165, 1.54) is 25.8 Å². The zero-order valence-corrected chi connectivity index (χ0v) is 25.7. The van der Waals surface area contributed by atoms with E-state index in [1.807, 2.05) is 20.3 Å². The fraction of sp³-hybridized carbons (Fsp3) is 0.692. The number of nitrogens with zero attached hydrogens (tertiary/aromatic N) is 2. The van der Waals surface area contributed by atoms with Gasteiger partial charge in [-0.3, -0.25) is 11.4 Å². The Hall–Kier alpha value is 0.0364. The van der Waals surface area contributed by atoms with Gasteiger partial charge in [0.15, 0.2) is 0 Å². The molecule has 0 aromatic carbocycles. The van der Waals surface area contributed by atoms with Crippen molar-refractivity contribution in [3.05, 3.63) is 41.7 Å². The fourth-order valence-electron chi connectivity index (χ4n) is 2.64. The molecular weight excluding hydrogens is 468 g/mol. The van der Waals surface area contributed by atoms with Gasteiger partial charge in [0.1, 0.15) is 0 Å². The molecule has 0 spiro atoms. The first-order valence-corrected chi connectivity index (χ1v) is 11.8. The molecule has 1 atom stereocenters. The Balaban J connectivity index is 0. The number of hydrogen-bond donors (Lipinski definition) is 1. The van der Waals surface area contributed by atoms with Gasteiger partial charge in [-0.1, -0.05) is 76.1 Å². The van der Waals surface area contributed by atoms with Crippen LogP contribution in [-0.2, 0) is 4.74 Å². The average Bonchev–Trinajstić information content (AvgIpc) is 2.72. The molecule has 0 fully saturated rings. The third kappa shape index (κ3) is 13.9. The van der Waals surface area contributed by atoms with Gasteiger partial charge in [-0.15, -0.1) is 0 Å². The first-order chi connectivity index (χ1) is 15.3. The minimum atomic E-state index is -4.33. The molecule has 0 saturated carbocycles. The van der Waals surface area contributed by atoms with Crippen LogP contribution in [-0.4, -0.2) is 40.1 Å². The average molecular weight is 512 g/mol. The Morgan fingerprint density at radius 3 is 2.24 bits per heavy atom. The maximum atomic E-state index is 13.2. The van der Waals surface area contributed by atoms with Crippen LogP contribution in [0.1, 0.15) is 97.7 Å². The zero-order chi connectivity index (χ0) is 25.7. The number of hydrogen-bond acceptors (Lipinski definition) is 4. The molecule has 1 aromatic heterocycles. The molecule has 0 radical (unpaired) electrons. The Morgan fingerprint density at radius 2 is 1.79 bits per heavy atom. The van der Waals surface area contributed by atoms with Crippen molar-refractivity contribution in [2.75, 3.05) is 6.61 Å². The van der Waals surface area contributed by atoms with Gasteiger partial charge in [-0.05, 0) is 47.6 Å². The molecule has 1 heterocycles. The number of unbranched alkanes of at least 4 members (excludes halogenated alkanes) is 2. The van der Waals surface area contributed by atoms with Crippen LogP contribution in [0.25, 0.3) is 6.08 Å². The number of aliphatic hydroxyl groups is 1. The summed E-state index contributed by atoms with van der Waals surface area (Å²) in [4.78, 5) is 8.74. The monoisotopic (exact) mass is 511 g/mol. The number of aliphatic hydroxyl groups excluding tert-OH is 1. The Labute approximate surface area is 248 Å². The zero-order valence-electron chi connectivity index (χ0n) is 22.6. The van der Waals surface area contributed by atoms with Crippen molar-refractivity contribution in [2.24, 2.45) is 5.41 Å². The molecule has 0 aliphatic heterocycles. The largest absolute Gasteiger partial charge is 1.00 e.